The molecular weight excluding hydrogens is 604 g/mol. The summed E-state index contributed by atoms with van der Waals surface area (Å²) in [6.45, 7) is 2.30. The molecule has 9 nitrogen and oxygen atoms in total. The molecule has 0 aliphatic carbocycles. The number of amides is 2. The number of fused-ring (bicyclic) bond motifs is 3. The third-order valence-corrected chi connectivity index (χ3v) is 9.66. The summed E-state index contributed by atoms with van der Waals surface area (Å²) in [6, 6.07) is 29.5. The SMILES string of the molecule is C[C@H](/C=C/CC(=O)N1Cc2ccccc2C[C@H]1CO)[C@@]1(O)C(=O)N(Cc2ccc(-n3ncc4ccccc4c3=O)cc2)c2ccccc21. The molecule has 2 amide bonds. The predicted octanol–water partition coefficient (Wildman–Crippen LogP) is 4.65. The van der Waals surface area contributed by atoms with Crippen molar-refractivity contribution in [3.63, 3.8) is 0 Å². The molecular formula is C39H36N4O5. The van der Waals surface area contributed by atoms with Crippen molar-refractivity contribution in [3.8, 4) is 5.69 Å². The summed E-state index contributed by atoms with van der Waals surface area (Å²) >= 11 is 0. The van der Waals surface area contributed by atoms with E-state index in [0.29, 0.717) is 35.3 Å². The molecule has 48 heavy (non-hydrogen) atoms. The normalized spacial score (nSPS) is 19.5. The average Bonchev–Trinajstić information content (AvgIpc) is 3.34. The van der Waals surface area contributed by atoms with Gasteiger partial charge in [-0.2, -0.15) is 9.78 Å². The summed E-state index contributed by atoms with van der Waals surface area (Å²) in [7, 11) is 0. The van der Waals surface area contributed by atoms with Crippen molar-refractivity contribution in [2.45, 2.75) is 44.5 Å². The van der Waals surface area contributed by atoms with Crippen molar-refractivity contribution in [3.05, 3.63) is 148 Å². The van der Waals surface area contributed by atoms with Gasteiger partial charge in [0.2, 0.25) is 5.91 Å². The van der Waals surface area contributed by atoms with Crippen molar-refractivity contribution in [2.75, 3.05) is 11.5 Å². The van der Waals surface area contributed by atoms with Crippen LogP contribution in [0.5, 0.6) is 0 Å². The van der Waals surface area contributed by atoms with E-state index in [0.717, 1.165) is 22.1 Å². The Balaban J connectivity index is 1.07. The largest absolute Gasteiger partial charge is 0.394 e. The smallest absolute Gasteiger partial charge is 0.279 e. The van der Waals surface area contributed by atoms with Gasteiger partial charge in [0.05, 0.1) is 42.2 Å². The minimum Gasteiger partial charge on any atom is -0.394 e. The van der Waals surface area contributed by atoms with Gasteiger partial charge in [-0.1, -0.05) is 91.9 Å². The minimum atomic E-state index is -1.82. The number of carbonyl (C=O) groups is 2. The Bertz CT molecular complexity index is 2110. The number of hydrogen-bond acceptors (Lipinski definition) is 6. The topological polar surface area (TPSA) is 116 Å². The van der Waals surface area contributed by atoms with Crippen molar-refractivity contribution in [1.82, 2.24) is 14.7 Å². The van der Waals surface area contributed by atoms with Crippen LogP contribution in [0.25, 0.3) is 16.5 Å². The molecule has 5 aromatic rings. The number of rotatable bonds is 8. The van der Waals surface area contributed by atoms with Crippen LogP contribution in [-0.2, 0) is 34.7 Å². The summed E-state index contributed by atoms with van der Waals surface area (Å²) in [4.78, 5) is 43.6. The Labute approximate surface area is 278 Å². The quantitative estimate of drug-likeness (QED) is 0.239. The zero-order chi connectivity index (χ0) is 33.4. The Morgan fingerprint density at radius 3 is 2.46 bits per heavy atom. The highest BCUT2D eigenvalue weighted by molar-refractivity contribution is 6.07. The Morgan fingerprint density at radius 2 is 1.67 bits per heavy atom. The van der Waals surface area contributed by atoms with Gasteiger partial charge in [-0.3, -0.25) is 14.4 Å². The zero-order valence-electron chi connectivity index (χ0n) is 26.6. The molecule has 9 heteroatoms. The number of aromatic nitrogens is 2. The predicted molar refractivity (Wildman–Crippen MR) is 183 cm³/mol. The van der Waals surface area contributed by atoms with E-state index in [1.807, 2.05) is 66.7 Å². The summed E-state index contributed by atoms with van der Waals surface area (Å²) in [5.74, 6) is -1.20. The van der Waals surface area contributed by atoms with Crippen molar-refractivity contribution in [1.29, 1.82) is 0 Å². The van der Waals surface area contributed by atoms with Crippen molar-refractivity contribution in [2.24, 2.45) is 5.92 Å². The van der Waals surface area contributed by atoms with E-state index >= 15 is 0 Å². The van der Waals surface area contributed by atoms with Crippen LogP contribution in [0.3, 0.4) is 0 Å². The fourth-order valence-electron chi connectivity index (χ4n) is 6.93. The van der Waals surface area contributed by atoms with Gasteiger partial charge >= 0.3 is 0 Å². The molecule has 7 rings (SSSR count). The first-order chi connectivity index (χ1) is 23.3. The van der Waals surface area contributed by atoms with Gasteiger partial charge in [0, 0.05) is 29.8 Å². The van der Waals surface area contributed by atoms with Gasteiger partial charge in [0.15, 0.2) is 5.60 Å². The number of anilines is 1. The maximum Gasteiger partial charge on any atom is 0.279 e. The van der Waals surface area contributed by atoms with Crippen LogP contribution in [-0.4, -0.2) is 49.4 Å². The fraction of sp³-hybridized carbons (Fsp3) is 0.231. The number of nitrogens with zero attached hydrogens (tertiary/aromatic N) is 4. The average molecular weight is 641 g/mol. The molecule has 0 saturated heterocycles. The molecule has 0 radical (unpaired) electrons. The number of benzene rings is 4. The van der Waals surface area contributed by atoms with Gasteiger partial charge in [-0.15, -0.1) is 0 Å². The summed E-state index contributed by atoms with van der Waals surface area (Å²) < 4.78 is 1.36. The first-order valence-corrected chi connectivity index (χ1v) is 16.1. The number of para-hydroxylation sites is 1. The standard InChI is InChI=1S/C39H36N4O5/c1-26(9-8-16-36(45)41-24-30-12-3-2-10-28(30)21-32(41)25-44)39(48)34-14-6-7-15-35(34)42(38(39)47)23-27-17-19-31(20-18-27)43-37(46)33-13-5-4-11-29(33)22-40-43/h2-15,17-20,22,26,32,44,48H,16,21,23-25H2,1H3/b9-8+/t26-,32+,39+/m1/s1. The molecule has 1 aromatic heterocycles. The molecule has 0 fully saturated rings. The molecule has 4 aromatic carbocycles. The van der Waals surface area contributed by atoms with Crippen LogP contribution in [0.4, 0.5) is 5.69 Å². The fourth-order valence-corrected chi connectivity index (χ4v) is 6.93. The molecule has 0 saturated carbocycles. The second-order valence-electron chi connectivity index (χ2n) is 12.5. The van der Waals surface area contributed by atoms with E-state index in [9.17, 15) is 24.6 Å². The van der Waals surface area contributed by atoms with E-state index in [1.165, 1.54) is 4.68 Å². The van der Waals surface area contributed by atoms with Crippen LogP contribution in [0.1, 0.15) is 35.6 Å². The van der Waals surface area contributed by atoms with Crippen molar-refractivity contribution < 1.29 is 19.8 Å². The Morgan fingerprint density at radius 1 is 0.958 bits per heavy atom. The van der Waals surface area contributed by atoms with E-state index in [-0.39, 0.29) is 37.1 Å². The highest BCUT2D eigenvalue weighted by Crippen LogP contribution is 2.45. The zero-order valence-corrected chi connectivity index (χ0v) is 26.6. The molecule has 242 valence electrons. The molecule has 2 aliphatic rings. The lowest BCUT2D eigenvalue weighted by molar-refractivity contribution is -0.139. The third-order valence-electron chi connectivity index (χ3n) is 9.66. The molecule has 3 heterocycles. The van der Waals surface area contributed by atoms with Crippen molar-refractivity contribution >= 4 is 28.3 Å². The first kappa shape index (κ1) is 31.2. The first-order valence-electron chi connectivity index (χ1n) is 16.1. The van der Waals surface area contributed by atoms with E-state index in [2.05, 4.69) is 5.10 Å². The Kier molecular flexibility index (Phi) is 8.24. The molecule has 0 bridgehead atoms. The number of aliphatic hydroxyl groups excluding tert-OH is 1. The molecule has 0 spiro atoms. The van der Waals surface area contributed by atoms with Crippen LogP contribution in [0.15, 0.2) is 120 Å². The van der Waals surface area contributed by atoms with Gasteiger partial charge in [0.1, 0.15) is 0 Å². The van der Waals surface area contributed by atoms with E-state index in [1.54, 1.807) is 65.4 Å². The number of aliphatic hydroxyl groups is 2. The van der Waals surface area contributed by atoms with Crippen LogP contribution in [0.2, 0.25) is 0 Å². The second kappa shape index (κ2) is 12.7. The van der Waals surface area contributed by atoms with Gasteiger partial charge in [-0.05, 0) is 47.4 Å². The second-order valence-corrected chi connectivity index (χ2v) is 12.5. The van der Waals surface area contributed by atoms with Crippen LogP contribution >= 0.6 is 0 Å². The maximum atomic E-state index is 14.0. The lowest BCUT2D eigenvalue weighted by atomic mass is 9.83. The summed E-state index contributed by atoms with van der Waals surface area (Å²) in [5.41, 5.74) is 2.73. The molecule has 2 aliphatic heterocycles. The highest BCUT2D eigenvalue weighted by Gasteiger charge is 2.52. The van der Waals surface area contributed by atoms with Gasteiger partial charge < -0.3 is 20.0 Å². The lowest BCUT2D eigenvalue weighted by Gasteiger charge is -2.36. The van der Waals surface area contributed by atoms with Crippen LogP contribution in [0, 0.1) is 5.92 Å². The lowest BCUT2D eigenvalue weighted by Crippen LogP contribution is -2.46. The van der Waals surface area contributed by atoms with Crippen LogP contribution < -0.4 is 10.5 Å². The van der Waals surface area contributed by atoms with Gasteiger partial charge in [-0.25, -0.2) is 0 Å². The number of hydrogen-bond donors (Lipinski definition) is 2. The molecule has 3 atom stereocenters. The monoisotopic (exact) mass is 640 g/mol. The highest BCUT2D eigenvalue weighted by atomic mass is 16.3. The summed E-state index contributed by atoms with van der Waals surface area (Å²) in [5, 5.41) is 27.7. The van der Waals surface area contributed by atoms with Gasteiger partial charge in [0.25, 0.3) is 11.5 Å². The summed E-state index contributed by atoms with van der Waals surface area (Å²) in [6.07, 6.45) is 5.78. The minimum absolute atomic E-state index is 0.0835. The van der Waals surface area contributed by atoms with E-state index in [4.69, 9.17) is 0 Å². The molecule has 2 N–H and O–H groups in total. The molecule has 0 unspecified atom stereocenters. The third kappa shape index (κ3) is 5.40. The number of carbonyl (C=O) groups excluding carboxylic acids is 2. The maximum absolute atomic E-state index is 14.0. The van der Waals surface area contributed by atoms with E-state index < -0.39 is 17.4 Å². The Hall–Kier alpha value is -5.38.